The topological polar surface area (TPSA) is 39.7 Å². The third-order valence-electron chi connectivity index (χ3n) is 2.23. The van der Waals surface area contributed by atoms with Crippen LogP contribution in [0.5, 0.6) is 11.5 Å². The molecule has 0 spiro atoms. The van der Waals surface area contributed by atoms with E-state index in [2.05, 4.69) is 5.48 Å². The first-order valence-corrected chi connectivity index (χ1v) is 4.82. The number of alkyl halides is 1. The van der Waals surface area contributed by atoms with Gasteiger partial charge in [-0.1, -0.05) is 0 Å². The van der Waals surface area contributed by atoms with Crippen molar-refractivity contribution in [3.8, 4) is 11.5 Å². The normalized spacial score (nSPS) is 10.2. The summed E-state index contributed by atoms with van der Waals surface area (Å²) in [5, 5.41) is 0. The molecule has 4 nitrogen and oxygen atoms in total. The predicted molar refractivity (Wildman–Crippen MR) is 58.2 cm³/mol. The number of hydrogen-bond donors (Lipinski definition) is 1. The van der Waals surface area contributed by atoms with Crippen LogP contribution in [0, 0.1) is 0 Å². The molecule has 0 aromatic heterocycles. The molecule has 0 heterocycles. The van der Waals surface area contributed by atoms with Crippen LogP contribution in [0.4, 0.5) is 4.39 Å². The van der Waals surface area contributed by atoms with Gasteiger partial charge in [0.05, 0.1) is 21.3 Å². The Kier molecular flexibility index (Phi) is 5.01. The molecule has 1 aromatic rings. The number of rotatable bonds is 6. The van der Waals surface area contributed by atoms with Crippen molar-refractivity contribution in [1.29, 1.82) is 0 Å². The molecule has 5 heteroatoms. The van der Waals surface area contributed by atoms with Crippen LogP contribution in [0.2, 0.25) is 0 Å². The van der Waals surface area contributed by atoms with Gasteiger partial charge >= 0.3 is 0 Å². The maximum Gasteiger partial charge on any atom is 0.128 e. The minimum Gasteiger partial charge on any atom is -0.496 e. The largest absolute Gasteiger partial charge is 0.496 e. The van der Waals surface area contributed by atoms with Gasteiger partial charge in [-0.3, -0.25) is 0 Å². The smallest absolute Gasteiger partial charge is 0.128 e. The van der Waals surface area contributed by atoms with Gasteiger partial charge in [0.2, 0.25) is 0 Å². The molecule has 1 aromatic carbocycles. The number of halogens is 1. The number of methoxy groups -OCH3 is 2. The van der Waals surface area contributed by atoms with E-state index in [-0.39, 0.29) is 0 Å². The SMILES string of the molecule is CONCc1cc(CF)c(OC)cc1OC. The lowest BCUT2D eigenvalue weighted by molar-refractivity contribution is 0.0861. The van der Waals surface area contributed by atoms with E-state index >= 15 is 0 Å². The molecular weight excluding hydrogens is 213 g/mol. The van der Waals surface area contributed by atoms with Crippen LogP contribution < -0.4 is 15.0 Å². The number of benzene rings is 1. The fourth-order valence-electron chi connectivity index (χ4n) is 1.43. The monoisotopic (exact) mass is 229 g/mol. The van der Waals surface area contributed by atoms with Crippen molar-refractivity contribution in [3.63, 3.8) is 0 Å². The molecule has 0 atom stereocenters. The molecule has 16 heavy (non-hydrogen) atoms. The zero-order valence-electron chi connectivity index (χ0n) is 9.67. The second-order valence-corrected chi connectivity index (χ2v) is 3.13. The fraction of sp³-hybridized carbons (Fsp3) is 0.455. The van der Waals surface area contributed by atoms with E-state index < -0.39 is 6.67 Å². The summed E-state index contributed by atoms with van der Waals surface area (Å²) >= 11 is 0. The summed E-state index contributed by atoms with van der Waals surface area (Å²) in [6, 6.07) is 3.37. The Bertz CT molecular complexity index is 344. The molecule has 0 fully saturated rings. The zero-order valence-corrected chi connectivity index (χ0v) is 9.67. The first-order chi connectivity index (χ1) is 7.76. The number of nitrogens with one attached hydrogen (secondary N) is 1. The molecule has 0 radical (unpaired) electrons. The summed E-state index contributed by atoms with van der Waals surface area (Å²) in [6.45, 7) is -0.135. The van der Waals surface area contributed by atoms with Crippen molar-refractivity contribution in [1.82, 2.24) is 5.48 Å². The summed E-state index contributed by atoms with van der Waals surface area (Å²) in [4.78, 5) is 4.74. The maximum absolute atomic E-state index is 12.7. The molecular formula is C11H16FNO3. The summed E-state index contributed by atoms with van der Waals surface area (Å²) < 4.78 is 23.0. The van der Waals surface area contributed by atoms with Crippen molar-refractivity contribution >= 4 is 0 Å². The van der Waals surface area contributed by atoms with E-state index in [1.165, 1.54) is 14.2 Å². The highest BCUT2D eigenvalue weighted by molar-refractivity contribution is 5.46. The lowest BCUT2D eigenvalue weighted by Crippen LogP contribution is -2.12. The Morgan fingerprint density at radius 1 is 1.06 bits per heavy atom. The van der Waals surface area contributed by atoms with Gasteiger partial charge in [-0.25, -0.2) is 4.39 Å². The first kappa shape index (κ1) is 12.7. The Morgan fingerprint density at radius 2 is 1.69 bits per heavy atom. The van der Waals surface area contributed by atoms with Crippen LogP contribution in [0.3, 0.4) is 0 Å². The van der Waals surface area contributed by atoms with Gasteiger partial charge in [0.15, 0.2) is 0 Å². The molecule has 90 valence electrons. The average Bonchev–Trinajstić information content (AvgIpc) is 2.35. The Morgan fingerprint density at radius 3 is 2.19 bits per heavy atom. The molecule has 0 aliphatic heterocycles. The van der Waals surface area contributed by atoms with Crippen LogP contribution in [0.1, 0.15) is 11.1 Å². The number of ether oxygens (including phenoxy) is 2. The van der Waals surface area contributed by atoms with Crippen LogP contribution >= 0.6 is 0 Å². The summed E-state index contributed by atoms with van der Waals surface area (Å²) in [5.41, 5.74) is 4.00. The van der Waals surface area contributed by atoms with Gasteiger partial charge in [0.25, 0.3) is 0 Å². The van der Waals surface area contributed by atoms with Crippen molar-refractivity contribution < 1.29 is 18.7 Å². The third-order valence-corrected chi connectivity index (χ3v) is 2.23. The number of hydroxylamine groups is 1. The highest BCUT2D eigenvalue weighted by atomic mass is 19.1. The molecule has 1 N–H and O–H groups in total. The Labute approximate surface area is 94.3 Å². The van der Waals surface area contributed by atoms with Gasteiger partial charge in [-0.2, -0.15) is 5.48 Å². The van der Waals surface area contributed by atoms with Gasteiger partial charge in [-0.15, -0.1) is 0 Å². The average molecular weight is 229 g/mol. The Hall–Kier alpha value is -1.33. The summed E-state index contributed by atoms with van der Waals surface area (Å²) in [5.74, 6) is 1.12. The van der Waals surface area contributed by atoms with Crippen molar-refractivity contribution in [2.24, 2.45) is 0 Å². The van der Waals surface area contributed by atoms with E-state index in [0.29, 0.717) is 23.6 Å². The Balaban J connectivity index is 3.05. The van der Waals surface area contributed by atoms with Gasteiger partial charge in [0, 0.05) is 23.7 Å². The van der Waals surface area contributed by atoms with Crippen LogP contribution in [-0.2, 0) is 18.1 Å². The summed E-state index contributed by atoms with van der Waals surface area (Å²) in [6.07, 6.45) is 0. The minimum absolute atomic E-state index is 0.441. The van der Waals surface area contributed by atoms with E-state index in [9.17, 15) is 4.39 Å². The van der Waals surface area contributed by atoms with E-state index in [1.807, 2.05) is 0 Å². The van der Waals surface area contributed by atoms with Gasteiger partial charge in [0.1, 0.15) is 18.2 Å². The second kappa shape index (κ2) is 6.30. The van der Waals surface area contributed by atoms with Crippen molar-refractivity contribution in [2.45, 2.75) is 13.2 Å². The number of hydrogen-bond acceptors (Lipinski definition) is 4. The van der Waals surface area contributed by atoms with E-state index in [0.717, 1.165) is 5.56 Å². The first-order valence-electron chi connectivity index (χ1n) is 4.82. The lowest BCUT2D eigenvalue weighted by atomic mass is 10.1. The standard InChI is InChI=1S/C11H16FNO3/c1-14-10-5-11(15-2)9(7-13-16-3)4-8(10)6-12/h4-5,13H,6-7H2,1-3H3. The highest BCUT2D eigenvalue weighted by Gasteiger charge is 2.10. The maximum atomic E-state index is 12.7. The van der Waals surface area contributed by atoms with Crippen LogP contribution in [0.15, 0.2) is 12.1 Å². The molecule has 0 aliphatic carbocycles. The lowest BCUT2D eigenvalue weighted by Gasteiger charge is -2.13. The zero-order chi connectivity index (χ0) is 12.0. The minimum atomic E-state index is -0.576. The second-order valence-electron chi connectivity index (χ2n) is 3.13. The summed E-state index contributed by atoms with van der Waals surface area (Å²) in [7, 11) is 4.58. The van der Waals surface area contributed by atoms with Crippen LogP contribution in [-0.4, -0.2) is 21.3 Å². The third kappa shape index (κ3) is 2.84. The van der Waals surface area contributed by atoms with Crippen molar-refractivity contribution in [3.05, 3.63) is 23.3 Å². The molecule has 0 aliphatic rings. The molecule has 0 bridgehead atoms. The molecule has 0 amide bonds. The van der Waals surface area contributed by atoms with E-state index in [1.54, 1.807) is 19.2 Å². The van der Waals surface area contributed by atoms with Crippen LogP contribution in [0.25, 0.3) is 0 Å². The fourth-order valence-corrected chi connectivity index (χ4v) is 1.43. The molecule has 0 saturated heterocycles. The molecule has 0 unspecified atom stereocenters. The predicted octanol–water partition coefficient (Wildman–Crippen LogP) is 1.82. The van der Waals surface area contributed by atoms with Gasteiger partial charge < -0.3 is 14.3 Å². The highest BCUT2D eigenvalue weighted by Crippen LogP contribution is 2.29. The quantitative estimate of drug-likeness (QED) is 0.755. The van der Waals surface area contributed by atoms with Crippen molar-refractivity contribution in [2.75, 3.05) is 21.3 Å². The molecule has 1 rings (SSSR count). The molecule has 0 saturated carbocycles. The van der Waals surface area contributed by atoms with Gasteiger partial charge in [-0.05, 0) is 6.07 Å². The van der Waals surface area contributed by atoms with E-state index in [4.69, 9.17) is 14.3 Å².